The van der Waals surface area contributed by atoms with Gasteiger partial charge in [0.2, 0.25) is 0 Å². The summed E-state index contributed by atoms with van der Waals surface area (Å²) in [5, 5.41) is 0. The van der Waals surface area contributed by atoms with Crippen molar-refractivity contribution in [2.75, 3.05) is 6.54 Å². The van der Waals surface area contributed by atoms with Gasteiger partial charge in [-0.15, -0.1) is 0 Å². The van der Waals surface area contributed by atoms with Crippen molar-refractivity contribution in [2.24, 2.45) is 11.1 Å². The Kier molecular flexibility index (Phi) is 4.43. The molecule has 0 saturated carbocycles. The molecular weight excluding hydrogens is 134 g/mol. The van der Waals surface area contributed by atoms with Gasteiger partial charge in [-0.2, -0.15) is 0 Å². The Morgan fingerprint density at radius 1 is 1.36 bits per heavy atom. The highest BCUT2D eigenvalue weighted by molar-refractivity contribution is 5.06. The van der Waals surface area contributed by atoms with Crippen molar-refractivity contribution in [1.82, 2.24) is 0 Å². The molecule has 0 aliphatic carbocycles. The molecule has 0 rings (SSSR count). The van der Waals surface area contributed by atoms with Gasteiger partial charge in [-0.05, 0) is 31.7 Å². The highest BCUT2D eigenvalue weighted by Crippen LogP contribution is 2.24. The lowest BCUT2D eigenvalue weighted by molar-refractivity contribution is 0.501. The van der Waals surface area contributed by atoms with Gasteiger partial charge in [0.05, 0.1) is 0 Å². The first-order valence-corrected chi connectivity index (χ1v) is 4.36. The Labute approximate surface area is 70.7 Å². The van der Waals surface area contributed by atoms with E-state index in [4.69, 9.17) is 5.73 Å². The first-order valence-electron chi connectivity index (χ1n) is 4.36. The van der Waals surface area contributed by atoms with E-state index in [1.807, 2.05) is 0 Å². The van der Waals surface area contributed by atoms with Crippen LogP contribution >= 0.6 is 0 Å². The molecule has 1 nitrogen and oxygen atoms in total. The van der Waals surface area contributed by atoms with E-state index in [9.17, 15) is 0 Å². The molecule has 2 N–H and O–H groups in total. The van der Waals surface area contributed by atoms with Gasteiger partial charge in [-0.25, -0.2) is 0 Å². The van der Waals surface area contributed by atoms with Gasteiger partial charge in [0, 0.05) is 0 Å². The van der Waals surface area contributed by atoms with E-state index in [-0.39, 0.29) is 0 Å². The molecule has 0 atom stereocenters. The molecule has 0 fully saturated rings. The van der Waals surface area contributed by atoms with Gasteiger partial charge in [-0.3, -0.25) is 0 Å². The van der Waals surface area contributed by atoms with Crippen molar-refractivity contribution >= 4 is 0 Å². The maximum atomic E-state index is 5.39. The second-order valence-electron chi connectivity index (χ2n) is 4.07. The molecule has 11 heavy (non-hydrogen) atoms. The zero-order valence-corrected chi connectivity index (χ0v) is 8.28. The molecule has 0 bridgehead atoms. The van der Waals surface area contributed by atoms with Crippen LogP contribution in [0.2, 0.25) is 0 Å². The number of hydrogen-bond donors (Lipinski definition) is 1. The van der Waals surface area contributed by atoms with Gasteiger partial charge < -0.3 is 5.73 Å². The van der Waals surface area contributed by atoms with Crippen LogP contribution in [0, 0.1) is 5.41 Å². The molecule has 0 aromatic heterocycles. The summed E-state index contributed by atoms with van der Waals surface area (Å²) in [6, 6.07) is 0. The number of hydrogen-bond acceptors (Lipinski definition) is 1. The van der Waals surface area contributed by atoms with E-state index < -0.39 is 0 Å². The molecule has 0 aromatic carbocycles. The molecule has 0 spiro atoms. The second-order valence-corrected chi connectivity index (χ2v) is 4.07. The molecule has 1 heteroatoms. The Balaban J connectivity index is 3.81. The van der Waals surface area contributed by atoms with Crippen molar-refractivity contribution in [3.05, 3.63) is 11.6 Å². The minimum absolute atomic E-state index is 0.328. The summed E-state index contributed by atoms with van der Waals surface area (Å²) in [5.41, 5.74) is 7.19. The second kappa shape index (κ2) is 4.55. The van der Waals surface area contributed by atoms with Crippen LogP contribution in [0.3, 0.4) is 0 Å². The van der Waals surface area contributed by atoms with Crippen LogP contribution in [-0.4, -0.2) is 6.54 Å². The molecule has 0 aromatic rings. The predicted octanol–water partition coefficient (Wildman–Crippen LogP) is 2.72. The minimum Gasteiger partial charge on any atom is -0.330 e. The van der Waals surface area contributed by atoms with Crippen LogP contribution in [0.25, 0.3) is 0 Å². The zero-order valence-electron chi connectivity index (χ0n) is 8.28. The lowest BCUT2D eigenvalue weighted by Crippen LogP contribution is -2.06. The fourth-order valence-electron chi connectivity index (χ4n) is 0.743. The lowest BCUT2D eigenvalue weighted by atomic mass is 9.87. The van der Waals surface area contributed by atoms with Gasteiger partial charge in [0.1, 0.15) is 0 Å². The van der Waals surface area contributed by atoms with Crippen molar-refractivity contribution in [3.8, 4) is 0 Å². The highest BCUT2D eigenvalue weighted by atomic mass is 14.5. The normalized spacial score (nSPS) is 13.7. The SMILES string of the molecule is C/C(=C\CCCN)C(C)(C)C. The summed E-state index contributed by atoms with van der Waals surface area (Å²) >= 11 is 0. The monoisotopic (exact) mass is 155 g/mol. The summed E-state index contributed by atoms with van der Waals surface area (Å²) in [4.78, 5) is 0. The minimum atomic E-state index is 0.328. The van der Waals surface area contributed by atoms with Crippen LogP contribution < -0.4 is 5.73 Å². The molecule has 0 amide bonds. The Bertz CT molecular complexity index is 128. The molecule has 0 saturated heterocycles. The van der Waals surface area contributed by atoms with Crippen LogP contribution in [0.5, 0.6) is 0 Å². The molecular formula is C10H21N. The fraction of sp³-hybridized carbons (Fsp3) is 0.800. The standard InChI is InChI=1S/C10H21N/c1-9(10(2,3)4)7-5-6-8-11/h7H,5-6,8,11H2,1-4H3/b9-7+. The van der Waals surface area contributed by atoms with Crippen molar-refractivity contribution < 1.29 is 0 Å². The van der Waals surface area contributed by atoms with E-state index >= 15 is 0 Å². The Morgan fingerprint density at radius 3 is 2.27 bits per heavy atom. The molecule has 0 heterocycles. The first-order chi connectivity index (χ1) is 4.98. The summed E-state index contributed by atoms with van der Waals surface area (Å²) in [7, 11) is 0. The number of allylic oxidation sites excluding steroid dienone is 2. The first kappa shape index (κ1) is 10.7. The van der Waals surface area contributed by atoms with Crippen molar-refractivity contribution in [2.45, 2.75) is 40.5 Å². The topological polar surface area (TPSA) is 26.0 Å². The quantitative estimate of drug-likeness (QED) is 0.492. The third-order valence-electron chi connectivity index (χ3n) is 2.04. The van der Waals surface area contributed by atoms with Crippen molar-refractivity contribution in [1.29, 1.82) is 0 Å². The van der Waals surface area contributed by atoms with E-state index in [2.05, 4.69) is 33.8 Å². The zero-order chi connectivity index (χ0) is 8.91. The van der Waals surface area contributed by atoms with Crippen LogP contribution in [-0.2, 0) is 0 Å². The largest absolute Gasteiger partial charge is 0.330 e. The summed E-state index contributed by atoms with van der Waals surface area (Å²) < 4.78 is 0. The maximum absolute atomic E-state index is 5.39. The average Bonchev–Trinajstić information content (AvgIpc) is 1.86. The molecule has 0 unspecified atom stereocenters. The Morgan fingerprint density at radius 2 is 1.91 bits per heavy atom. The lowest BCUT2D eigenvalue weighted by Gasteiger charge is -2.19. The maximum Gasteiger partial charge on any atom is -0.00743 e. The summed E-state index contributed by atoms with van der Waals surface area (Å²) in [5.74, 6) is 0. The highest BCUT2D eigenvalue weighted by Gasteiger charge is 2.10. The van der Waals surface area contributed by atoms with Gasteiger partial charge in [-0.1, -0.05) is 32.4 Å². The Hall–Kier alpha value is -0.300. The smallest absolute Gasteiger partial charge is 0.00743 e. The molecule has 0 radical (unpaired) electrons. The fourth-order valence-corrected chi connectivity index (χ4v) is 0.743. The molecule has 0 aliphatic rings. The average molecular weight is 155 g/mol. The third kappa shape index (κ3) is 5.02. The number of nitrogens with two attached hydrogens (primary N) is 1. The number of rotatable bonds is 3. The van der Waals surface area contributed by atoms with Gasteiger partial charge >= 0.3 is 0 Å². The van der Waals surface area contributed by atoms with Crippen molar-refractivity contribution in [3.63, 3.8) is 0 Å². The van der Waals surface area contributed by atoms with E-state index in [0.29, 0.717) is 5.41 Å². The van der Waals surface area contributed by atoms with Crippen LogP contribution in [0.4, 0.5) is 0 Å². The molecule has 66 valence electrons. The van der Waals surface area contributed by atoms with Crippen LogP contribution in [0.1, 0.15) is 40.5 Å². The van der Waals surface area contributed by atoms with E-state index in [1.165, 1.54) is 5.57 Å². The predicted molar refractivity (Wildman–Crippen MR) is 51.5 cm³/mol. The van der Waals surface area contributed by atoms with Gasteiger partial charge in [0.25, 0.3) is 0 Å². The molecule has 0 aliphatic heterocycles. The van der Waals surface area contributed by atoms with Gasteiger partial charge in [0.15, 0.2) is 0 Å². The van der Waals surface area contributed by atoms with E-state index in [1.54, 1.807) is 0 Å². The van der Waals surface area contributed by atoms with E-state index in [0.717, 1.165) is 19.4 Å². The summed E-state index contributed by atoms with van der Waals surface area (Å²) in [6.45, 7) is 9.70. The van der Waals surface area contributed by atoms with Crippen LogP contribution in [0.15, 0.2) is 11.6 Å². The summed E-state index contributed by atoms with van der Waals surface area (Å²) in [6.07, 6.45) is 4.53. The third-order valence-corrected chi connectivity index (χ3v) is 2.04. The number of unbranched alkanes of at least 4 members (excludes halogenated alkanes) is 1.